The van der Waals surface area contributed by atoms with Crippen molar-refractivity contribution in [2.75, 3.05) is 5.32 Å². The molecule has 0 aliphatic carbocycles. The van der Waals surface area contributed by atoms with Crippen LogP contribution in [0.3, 0.4) is 0 Å². The summed E-state index contributed by atoms with van der Waals surface area (Å²) >= 11 is 7.99. The number of nitrogens with two attached hydrogens (primary N) is 1. The maximum absolute atomic E-state index is 13.2. The van der Waals surface area contributed by atoms with Gasteiger partial charge >= 0.3 is 0 Å². The third-order valence-corrected chi connectivity index (χ3v) is 3.25. The van der Waals surface area contributed by atoms with Gasteiger partial charge in [0.15, 0.2) is 0 Å². The first kappa shape index (κ1) is 14.6. The van der Waals surface area contributed by atoms with E-state index in [4.69, 9.17) is 18.0 Å². The molecule has 0 saturated heterocycles. The van der Waals surface area contributed by atoms with E-state index in [-0.39, 0.29) is 10.6 Å². The lowest BCUT2D eigenvalue weighted by Gasteiger charge is -2.07. The first-order chi connectivity index (χ1) is 9.45. The maximum Gasteiger partial charge on any atom is 0.255 e. The van der Waals surface area contributed by atoms with Crippen LogP contribution in [-0.4, -0.2) is 10.9 Å². The Kier molecular flexibility index (Phi) is 4.46. The topological polar surface area (TPSA) is 55.1 Å². The van der Waals surface area contributed by atoms with Crippen molar-refractivity contribution in [2.45, 2.75) is 0 Å². The Morgan fingerprint density at radius 3 is 2.35 bits per heavy atom. The number of hydrogen-bond acceptors (Lipinski definition) is 2. The summed E-state index contributed by atoms with van der Waals surface area (Å²) in [5, 5.41) is 2.67. The molecule has 0 aliphatic rings. The number of anilines is 1. The quantitative estimate of drug-likeness (QED) is 0.831. The van der Waals surface area contributed by atoms with Gasteiger partial charge in [0.25, 0.3) is 5.91 Å². The second-order valence-electron chi connectivity index (χ2n) is 4.05. The van der Waals surface area contributed by atoms with Crippen LogP contribution >= 0.6 is 28.1 Å². The Morgan fingerprint density at radius 2 is 1.80 bits per heavy atom. The highest BCUT2D eigenvalue weighted by Gasteiger charge is 2.09. The van der Waals surface area contributed by atoms with E-state index in [0.717, 1.165) is 0 Å². The Labute approximate surface area is 129 Å². The Morgan fingerprint density at radius 1 is 1.15 bits per heavy atom. The second kappa shape index (κ2) is 6.11. The first-order valence-corrected chi connectivity index (χ1v) is 6.83. The number of nitrogens with one attached hydrogen (secondary N) is 1. The Bertz CT molecular complexity index is 653. The summed E-state index contributed by atoms with van der Waals surface area (Å²) in [6, 6.07) is 10.8. The highest BCUT2D eigenvalue weighted by molar-refractivity contribution is 9.10. The van der Waals surface area contributed by atoms with Gasteiger partial charge in [0.2, 0.25) is 0 Å². The molecule has 2 rings (SSSR count). The monoisotopic (exact) mass is 352 g/mol. The number of thiocarbonyl (C=S) groups is 1. The molecule has 1 amide bonds. The van der Waals surface area contributed by atoms with Gasteiger partial charge in [0.1, 0.15) is 10.8 Å². The van der Waals surface area contributed by atoms with Gasteiger partial charge in [-0.05, 0) is 42.5 Å². The van der Waals surface area contributed by atoms with Gasteiger partial charge < -0.3 is 11.1 Å². The van der Waals surface area contributed by atoms with Crippen LogP contribution in [0.5, 0.6) is 0 Å². The molecule has 3 N–H and O–H groups in total. The van der Waals surface area contributed by atoms with Crippen LogP contribution in [0.2, 0.25) is 0 Å². The first-order valence-electron chi connectivity index (χ1n) is 5.63. The van der Waals surface area contributed by atoms with Crippen LogP contribution in [0.15, 0.2) is 46.9 Å². The normalized spacial score (nSPS) is 10.1. The van der Waals surface area contributed by atoms with Crippen molar-refractivity contribution in [3.63, 3.8) is 0 Å². The zero-order valence-corrected chi connectivity index (χ0v) is 12.6. The van der Waals surface area contributed by atoms with Gasteiger partial charge in [0, 0.05) is 21.3 Å². The van der Waals surface area contributed by atoms with E-state index in [2.05, 4.69) is 21.2 Å². The molecule has 0 aliphatic heterocycles. The molecule has 0 saturated carbocycles. The molecule has 0 heterocycles. The predicted octanol–water partition coefficient (Wildman–Crippen LogP) is 3.47. The molecular formula is C14H10BrFN2OS. The SMILES string of the molecule is NC(=S)c1ccc(NC(=O)c2cc(F)cc(Br)c2)cc1. The van der Waals surface area contributed by atoms with E-state index in [9.17, 15) is 9.18 Å². The van der Waals surface area contributed by atoms with Crippen LogP contribution in [0, 0.1) is 5.82 Å². The zero-order chi connectivity index (χ0) is 14.7. The number of halogens is 2. The number of hydrogen-bond donors (Lipinski definition) is 2. The minimum absolute atomic E-state index is 0.232. The van der Waals surface area contributed by atoms with E-state index in [0.29, 0.717) is 15.7 Å². The molecule has 6 heteroatoms. The molecule has 0 radical (unpaired) electrons. The zero-order valence-electron chi connectivity index (χ0n) is 10.2. The van der Waals surface area contributed by atoms with Gasteiger partial charge in [-0.1, -0.05) is 28.1 Å². The Hall–Kier alpha value is -1.79. The summed E-state index contributed by atoms with van der Waals surface area (Å²) in [4.78, 5) is 12.3. The van der Waals surface area contributed by atoms with Crippen molar-refractivity contribution >= 4 is 44.7 Å². The number of amides is 1. The lowest BCUT2D eigenvalue weighted by molar-refractivity contribution is 0.102. The molecule has 102 valence electrons. The van der Waals surface area contributed by atoms with Gasteiger partial charge in [-0.15, -0.1) is 0 Å². The molecule has 0 unspecified atom stereocenters. The standard InChI is InChI=1S/C14H10BrFN2OS/c15-10-5-9(6-11(16)7-10)14(19)18-12-3-1-8(2-4-12)13(17)20/h1-7H,(H2,17,20)(H,18,19). The molecule has 20 heavy (non-hydrogen) atoms. The van der Waals surface area contributed by atoms with Crippen LogP contribution in [0.4, 0.5) is 10.1 Å². The fourth-order valence-electron chi connectivity index (χ4n) is 1.61. The van der Waals surface area contributed by atoms with E-state index >= 15 is 0 Å². The Balaban J connectivity index is 2.16. The lowest BCUT2D eigenvalue weighted by atomic mass is 10.2. The summed E-state index contributed by atoms with van der Waals surface area (Å²) in [5.74, 6) is -0.873. The highest BCUT2D eigenvalue weighted by atomic mass is 79.9. The average molecular weight is 353 g/mol. The van der Waals surface area contributed by atoms with Gasteiger partial charge in [-0.3, -0.25) is 4.79 Å². The molecule has 0 spiro atoms. The smallest absolute Gasteiger partial charge is 0.255 e. The van der Waals surface area contributed by atoms with Crippen molar-refractivity contribution in [2.24, 2.45) is 5.73 Å². The molecular weight excluding hydrogens is 343 g/mol. The minimum Gasteiger partial charge on any atom is -0.389 e. The highest BCUT2D eigenvalue weighted by Crippen LogP contribution is 2.17. The third kappa shape index (κ3) is 3.61. The van der Waals surface area contributed by atoms with Gasteiger partial charge in [0.05, 0.1) is 0 Å². The fraction of sp³-hybridized carbons (Fsp3) is 0. The summed E-state index contributed by atoms with van der Waals surface area (Å²) < 4.78 is 13.7. The summed E-state index contributed by atoms with van der Waals surface area (Å²) in [5.41, 5.74) is 7.01. The van der Waals surface area contributed by atoms with Crippen LogP contribution in [-0.2, 0) is 0 Å². The van der Waals surface area contributed by atoms with Crippen molar-refractivity contribution in [1.82, 2.24) is 0 Å². The van der Waals surface area contributed by atoms with E-state index in [1.165, 1.54) is 12.1 Å². The second-order valence-corrected chi connectivity index (χ2v) is 5.41. The largest absolute Gasteiger partial charge is 0.389 e. The number of benzene rings is 2. The molecule has 0 bridgehead atoms. The summed E-state index contributed by atoms with van der Waals surface area (Å²) in [7, 11) is 0. The van der Waals surface area contributed by atoms with E-state index < -0.39 is 11.7 Å². The summed E-state index contributed by atoms with van der Waals surface area (Å²) in [6.45, 7) is 0. The van der Waals surface area contributed by atoms with Crippen LogP contribution in [0.25, 0.3) is 0 Å². The van der Waals surface area contributed by atoms with Gasteiger partial charge in [-0.25, -0.2) is 4.39 Å². The predicted molar refractivity (Wildman–Crippen MR) is 84.4 cm³/mol. The van der Waals surface area contributed by atoms with Crippen molar-refractivity contribution in [3.05, 3.63) is 63.9 Å². The van der Waals surface area contributed by atoms with Crippen molar-refractivity contribution in [3.8, 4) is 0 Å². The van der Waals surface area contributed by atoms with Gasteiger partial charge in [-0.2, -0.15) is 0 Å². The maximum atomic E-state index is 13.2. The lowest BCUT2D eigenvalue weighted by Crippen LogP contribution is -2.13. The van der Waals surface area contributed by atoms with Crippen molar-refractivity contribution in [1.29, 1.82) is 0 Å². The molecule has 0 atom stereocenters. The van der Waals surface area contributed by atoms with Crippen LogP contribution < -0.4 is 11.1 Å². The molecule has 0 aromatic heterocycles. The molecule has 3 nitrogen and oxygen atoms in total. The van der Waals surface area contributed by atoms with E-state index in [1.54, 1.807) is 30.3 Å². The minimum atomic E-state index is -0.478. The number of rotatable bonds is 3. The van der Waals surface area contributed by atoms with Crippen LogP contribution in [0.1, 0.15) is 15.9 Å². The van der Waals surface area contributed by atoms with E-state index in [1.807, 2.05) is 0 Å². The fourth-order valence-corrected chi connectivity index (χ4v) is 2.21. The number of carbonyl (C=O) groups excluding carboxylic acids is 1. The summed E-state index contributed by atoms with van der Waals surface area (Å²) in [6.07, 6.45) is 0. The molecule has 0 fully saturated rings. The third-order valence-electron chi connectivity index (χ3n) is 2.55. The molecule has 2 aromatic carbocycles. The van der Waals surface area contributed by atoms with Crippen molar-refractivity contribution < 1.29 is 9.18 Å². The average Bonchev–Trinajstić information content (AvgIpc) is 2.38. The number of carbonyl (C=O) groups is 1. The molecule has 2 aromatic rings.